The molecule has 0 saturated carbocycles. The molecule has 0 aromatic carbocycles. The summed E-state index contributed by atoms with van der Waals surface area (Å²) in [6, 6.07) is 0. The summed E-state index contributed by atoms with van der Waals surface area (Å²) in [7, 11) is 0. The topological polar surface area (TPSA) is 55.9 Å². The monoisotopic (exact) mass is 142 g/mol. The molecule has 4 nitrogen and oxygen atoms in total. The smallest absolute Gasteiger partial charge is 0.377 e. The van der Waals surface area contributed by atoms with Crippen LogP contribution in [-0.4, -0.2) is 30.1 Å². The first-order valence-corrected chi connectivity index (χ1v) is 3.10. The Morgan fingerprint density at radius 3 is 2.80 bits per heavy atom. The molecular weight excluding hydrogens is 136 g/mol. The molecular formula is C6H6O4. The maximum atomic E-state index is 10.7. The first-order chi connectivity index (χ1) is 4.70. The molecule has 2 heterocycles. The van der Waals surface area contributed by atoms with Gasteiger partial charge in [-0.05, 0) is 6.92 Å². The van der Waals surface area contributed by atoms with E-state index in [1.54, 1.807) is 6.92 Å². The number of rotatable bonds is 0. The summed E-state index contributed by atoms with van der Waals surface area (Å²) in [6.07, 6.45) is -0.906. The number of esters is 1. The summed E-state index contributed by atoms with van der Waals surface area (Å²) < 4.78 is 9.52. The van der Waals surface area contributed by atoms with Crippen LogP contribution in [0.2, 0.25) is 0 Å². The molecule has 4 heteroatoms. The van der Waals surface area contributed by atoms with Crippen molar-refractivity contribution >= 4 is 11.8 Å². The molecule has 0 N–H and O–H groups in total. The van der Waals surface area contributed by atoms with E-state index in [1.165, 1.54) is 0 Å². The summed E-state index contributed by atoms with van der Waals surface area (Å²) in [5.74, 6) is -1.30. The number of ketones is 1. The van der Waals surface area contributed by atoms with Crippen molar-refractivity contribution in [1.82, 2.24) is 0 Å². The zero-order valence-corrected chi connectivity index (χ0v) is 5.37. The molecule has 3 unspecified atom stereocenters. The van der Waals surface area contributed by atoms with E-state index in [9.17, 15) is 9.59 Å². The first-order valence-electron chi connectivity index (χ1n) is 3.10. The minimum absolute atomic E-state index is 0.162. The zero-order valence-electron chi connectivity index (χ0n) is 5.37. The van der Waals surface area contributed by atoms with Gasteiger partial charge in [-0.25, -0.2) is 4.79 Å². The van der Waals surface area contributed by atoms with Crippen molar-refractivity contribution < 1.29 is 19.1 Å². The third-order valence-corrected chi connectivity index (χ3v) is 1.74. The predicted molar refractivity (Wildman–Crippen MR) is 29.2 cm³/mol. The van der Waals surface area contributed by atoms with Gasteiger partial charge in [0, 0.05) is 0 Å². The number of hydrogen-bond donors (Lipinski definition) is 0. The molecule has 2 rings (SSSR count). The van der Waals surface area contributed by atoms with Crippen molar-refractivity contribution in [3.8, 4) is 0 Å². The van der Waals surface area contributed by atoms with Crippen molar-refractivity contribution in [3.63, 3.8) is 0 Å². The number of carbonyl (C=O) groups is 2. The Morgan fingerprint density at radius 1 is 1.40 bits per heavy atom. The third-order valence-electron chi connectivity index (χ3n) is 1.74. The lowest BCUT2D eigenvalue weighted by atomic mass is 10.1. The number of carbonyl (C=O) groups excluding carboxylic acids is 2. The molecule has 0 amide bonds. The lowest BCUT2D eigenvalue weighted by Gasteiger charge is -2.12. The van der Waals surface area contributed by atoms with Crippen LogP contribution in [0.3, 0.4) is 0 Å². The summed E-state index contributed by atoms with van der Waals surface area (Å²) >= 11 is 0. The highest BCUT2D eigenvalue weighted by Crippen LogP contribution is 2.32. The van der Waals surface area contributed by atoms with Gasteiger partial charge in [0.15, 0.2) is 6.10 Å². The molecule has 2 saturated heterocycles. The normalized spacial score (nSPS) is 44.3. The Labute approximate surface area is 57.1 Å². The Bertz CT molecular complexity index is 210. The van der Waals surface area contributed by atoms with Gasteiger partial charge in [-0.2, -0.15) is 0 Å². The van der Waals surface area contributed by atoms with Gasteiger partial charge < -0.3 is 9.47 Å². The lowest BCUT2D eigenvalue weighted by Crippen LogP contribution is -2.36. The maximum absolute atomic E-state index is 10.7. The average molecular weight is 142 g/mol. The van der Waals surface area contributed by atoms with Crippen molar-refractivity contribution in [1.29, 1.82) is 0 Å². The molecule has 2 aliphatic rings. The molecule has 2 fully saturated rings. The molecule has 2 aliphatic heterocycles. The van der Waals surface area contributed by atoms with Gasteiger partial charge in [-0.1, -0.05) is 0 Å². The van der Waals surface area contributed by atoms with Crippen molar-refractivity contribution in [3.05, 3.63) is 0 Å². The summed E-state index contributed by atoms with van der Waals surface area (Å²) in [6.45, 7) is 1.72. The Kier molecular flexibility index (Phi) is 0.922. The van der Waals surface area contributed by atoms with E-state index in [0.29, 0.717) is 0 Å². The largest absolute Gasteiger partial charge is 0.454 e. The molecule has 0 aliphatic carbocycles. The number of fused-ring (bicyclic) bond motifs is 1. The van der Waals surface area contributed by atoms with Crippen LogP contribution < -0.4 is 0 Å². The SMILES string of the molecule is CC1OC(=O)C(=O)C2OC12. The van der Waals surface area contributed by atoms with Gasteiger partial charge in [-0.3, -0.25) is 4.79 Å². The van der Waals surface area contributed by atoms with Crippen LogP contribution in [0, 0.1) is 0 Å². The van der Waals surface area contributed by atoms with Gasteiger partial charge in [0.2, 0.25) is 0 Å². The molecule has 0 aromatic heterocycles. The van der Waals surface area contributed by atoms with E-state index in [1.807, 2.05) is 0 Å². The summed E-state index contributed by atoms with van der Waals surface area (Å²) in [5, 5.41) is 0. The third kappa shape index (κ3) is 0.593. The number of Topliss-reactive ketones (excluding diaryl/α,β-unsaturated/α-hetero) is 1. The van der Waals surface area contributed by atoms with Crippen LogP contribution in [0.15, 0.2) is 0 Å². The Morgan fingerprint density at radius 2 is 2.10 bits per heavy atom. The van der Waals surface area contributed by atoms with E-state index >= 15 is 0 Å². The van der Waals surface area contributed by atoms with Crippen LogP contribution in [0.1, 0.15) is 6.92 Å². The fourth-order valence-electron chi connectivity index (χ4n) is 1.10. The predicted octanol–water partition coefficient (Wildman–Crippen LogP) is -0.732. The molecule has 0 spiro atoms. The molecule has 10 heavy (non-hydrogen) atoms. The minimum atomic E-state index is -0.758. The van der Waals surface area contributed by atoms with E-state index in [-0.39, 0.29) is 12.2 Å². The van der Waals surface area contributed by atoms with Crippen molar-refractivity contribution in [2.75, 3.05) is 0 Å². The van der Waals surface area contributed by atoms with Crippen LogP contribution in [0.4, 0.5) is 0 Å². The summed E-state index contributed by atoms with van der Waals surface area (Å²) in [5.41, 5.74) is 0. The lowest BCUT2D eigenvalue weighted by molar-refractivity contribution is -0.159. The number of cyclic esters (lactones) is 1. The fourth-order valence-corrected chi connectivity index (χ4v) is 1.10. The van der Waals surface area contributed by atoms with Gasteiger partial charge >= 0.3 is 5.97 Å². The fraction of sp³-hybridized carbons (Fsp3) is 0.667. The minimum Gasteiger partial charge on any atom is -0.454 e. The maximum Gasteiger partial charge on any atom is 0.377 e. The number of ether oxygens (including phenoxy) is 2. The van der Waals surface area contributed by atoms with E-state index in [2.05, 4.69) is 4.74 Å². The van der Waals surface area contributed by atoms with Crippen molar-refractivity contribution in [2.24, 2.45) is 0 Å². The second kappa shape index (κ2) is 1.58. The van der Waals surface area contributed by atoms with Crippen LogP contribution in [-0.2, 0) is 19.1 Å². The summed E-state index contributed by atoms with van der Waals surface area (Å²) in [4.78, 5) is 21.3. The Hall–Kier alpha value is -0.900. The molecule has 0 radical (unpaired) electrons. The standard InChI is InChI=1S/C6H6O4/c1-2-4-5(10-4)3(7)6(8)9-2/h2,4-5H,1H3. The van der Waals surface area contributed by atoms with Gasteiger partial charge in [0.25, 0.3) is 5.78 Å². The highest BCUT2D eigenvalue weighted by molar-refractivity contribution is 6.37. The molecule has 0 aromatic rings. The van der Waals surface area contributed by atoms with E-state index < -0.39 is 17.9 Å². The van der Waals surface area contributed by atoms with Gasteiger partial charge in [0.1, 0.15) is 12.2 Å². The highest BCUT2D eigenvalue weighted by atomic mass is 16.7. The second-order valence-electron chi connectivity index (χ2n) is 2.50. The van der Waals surface area contributed by atoms with Gasteiger partial charge in [-0.15, -0.1) is 0 Å². The molecule has 3 atom stereocenters. The van der Waals surface area contributed by atoms with Crippen molar-refractivity contribution in [2.45, 2.75) is 25.2 Å². The van der Waals surface area contributed by atoms with E-state index in [0.717, 1.165) is 0 Å². The second-order valence-corrected chi connectivity index (χ2v) is 2.50. The van der Waals surface area contributed by atoms with Gasteiger partial charge in [0.05, 0.1) is 0 Å². The average Bonchev–Trinajstić information content (AvgIpc) is 2.61. The molecule has 0 bridgehead atoms. The van der Waals surface area contributed by atoms with E-state index in [4.69, 9.17) is 4.74 Å². The van der Waals surface area contributed by atoms with Crippen LogP contribution >= 0.6 is 0 Å². The van der Waals surface area contributed by atoms with Crippen LogP contribution in [0.25, 0.3) is 0 Å². The first kappa shape index (κ1) is 5.85. The quantitative estimate of drug-likeness (QED) is 0.254. The number of hydrogen-bond acceptors (Lipinski definition) is 4. The Balaban J connectivity index is 2.20. The van der Waals surface area contributed by atoms with Crippen LogP contribution in [0.5, 0.6) is 0 Å². The number of epoxide rings is 1. The molecule has 54 valence electrons. The highest BCUT2D eigenvalue weighted by Gasteiger charge is 2.56. The zero-order chi connectivity index (χ0) is 7.30.